The highest BCUT2D eigenvalue weighted by molar-refractivity contribution is 5.97. The van der Waals surface area contributed by atoms with Crippen LogP contribution in [0.1, 0.15) is 10.4 Å². The highest BCUT2D eigenvalue weighted by Crippen LogP contribution is 2.12. The van der Waals surface area contributed by atoms with Crippen LogP contribution in [0.15, 0.2) is 30.9 Å². The summed E-state index contributed by atoms with van der Waals surface area (Å²) in [4.78, 5) is 11.3. The third-order valence-electron chi connectivity index (χ3n) is 1.71. The van der Waals surface area contributed by atoms with Crippen LogP contribution in [-0.4, -0.2) is 19.0 Å². The maximum absolute atomic E-state index is 13.1. The van der Waals surface area contributed by atoms with Gasteiger partial charge in [-0.25, -0.2) is 8.78 Å². The summed E-state index contributed by atoms with van der Waals surface area (Å²) >= 11 is 0. The van der Waals surface area contributed by atoms with Crippen LogP contribution in [0.3, 0.4) is 0 Å². The van der Waals surface area contributed by atoms with Gasteiger partial charge in [0.05, 0.1) is 12.2 Å². The zero-order chi connectivity index (χ0) is 11.3. The number of halogens is 2. The minimum Gasteiger partial charge on any atom is -0.369 e. The Bertz CT molecular complexity index is 355. The molecule has 0 atom stereocenters. The van der Waals surface area contributed by atoms with E-state index in [1.807, 2.05) is 0 Å². The minimum atomic E-state index is -0.873. The van der Waals surface area contributed by atoms with Crippen molar-refractivity contribution in [2.75, 3.05) is 13.2 Å². The number of hydrogen-bond donors (Lipinski definition) is 0. The van der Waals surface area contributed by atoms with E-state index in [-0.39, 0.29) is 13.2 Å². The summed E-state index contributed by atoms with van der Waals surface area (Å²) in [6.07, 6.45) is 1.45. The van der Waals surface area contributed by atoms with Crippen molar-refractivity contribution in [3.8, 4) is 0 Å². The molecular weight excluding hydrogens is 202 g/mol. The molecule has 0 unspecified atom stereocenters. The fourth-order valence-electron chi connectivity index (χ4n) is 1.07. The smallest absolute Gasteiger partial charge is 0.194 e. The number of benzene rings is 1. The van der Waals surface area contributed by atoms with Crippen molar-refractivity contribution in [3.05, 3.63) is 48.1 Å². The molecule has 0 saturated carbocycles. The van der Waals surface area contributed by atoms with Gasteiger partial charge in [-0.15, -0.1) is 6.58 Å². The van der Waals surface area contributed by atoms with Crippen LogP contribution in [-0.2, 0) is 4.74 Å². The van der Waals surface area contributed by atoms with E-state index in [4.69, 9.17) is 4.74 Å². The maximum atomic E-state index is 13.1. The summed E-state index contributed by atoms with van der Waals surface area (Å²) in [6, 6.07) is 3.26. The summed E-state index contributed by atoms with van der Waals surface area (Å²) in [7, 11) is 0. The molecule has 0 saturated heterocycles. The number of ether oxygens (including phenoxy) is 1. The maximum Gasteiger partial charge on any atom is 0.194 e. The Morgan fingerprint density at radius 3 is 2.53 bits per heavy atom. The zero-order valence-electron chi connectivity index (χ0n) is 8.00. The molecule has 0 radical (unpaired) electrons. The molecule has 0 fully saturated rings. The number of rotatable bonds is 5. The number of carbonyl (C=O) groups excluding carboxylic acids is 1. The van der Waals surface area contributed by atoms with Gasteiger partial charge in [-0.05, 0) is 12.1 Å². The van der Waals surface area contributed by atoms with Crippen molar-refractivity contribution >= 4 is 5.78 Å². The first kappa shape index (κ1) is 11.5. The van der Waals surface area contributed by atoms with Gasteiger partial charge in [0.25, 0.3) is 0 Å². The van der Waals surface area contributed by atoms with Crippen LogP contribution in [0.25, 0.3) is 0 Å². The van der Waals surface area contributed by atoms with Gasteiger partial charge in [0.2, 0.25) is 0 Å². The fourth-order valence-corrected chi connectivity index (χ4v) is 1.07. The molecule has 0 aliphatic carbocycles. The Kier molecular flexibility index (Phi) is 4.12. The Labute approximate surface area is 86.2 Å². The molecule has 1 aromatic rings. The van der Waals surface area contributed by atoms with E-state index in [1.165, 1.54) is 12.1 Å². The van der Waals surface area contributed by atoms with Crippen LogP contribution in [0.2, 0.25) is 0 Å². The molecule has 80 valence electrons. The van der Waals surface area contributed by atoms with Crippen molar-refractivity contribution in [1.29, 1.82) is 0 Å². The molecule has 0 spiro atoms. The van der Waals surface area contributed by atoms with E-state index in [0.29, 0.717) is 0 Å². The average Bonchev–Trinajstić information content (AvgIpc) is 2.18. The van der Waals surface area contributed by atoms with E-state index in [1.54, 1.807) is 0 Å². The molecule has 0 amide bonds. The molecule has 0 N–H and O–H groups in total. The van der Waals surface area contributed by atoms with Gasteiger partial charge in [-0.3, -0.25) is 4.79 Å². The monoisotopic (exact) mass is 212 g/mol. The Balaban J connectivity index is 2.77. The highest BCUT2D eigenvalue weighted by atomic mass is 19.1. The highest BCUT2D eigenvalue weighted by Gasteiger charge is 2.16. The lowest BCUT2D eigenvalue weighted by atomic mass is 10.1. The first-order valence-corrected chi connectivity index (χ1v) is 4.32. The van der Waals surface area contributed by atoms with Crippen LogP contribution in [0.4, 0.5) is 8.78 Å². The van der Waals surface area contributed by atoms with Gasteiger partial charge in [-0.2, -0.15) is 0 Å². The minimum absolute atomic E-state index is 0.168. The largest absolute Gasteiger partial charge is 0.369 e. The molecule has 0 aliphatic rings. The number of hydrogen-bond acceptors (Lipinski definition) is 2. The van der Waals surface area contributed by atoms with Gasteiger partial charge in [0.15, 0.2) is 5.78 Å². The van der Waals surface area contributed by atoms with E-state index in [0.717, 1.165) is 12.1 Å². The number of ketones is 1. The lowest BCUT2D eigenvalue weighted by Crippen LogP contribution is -2.13. The van der Waals surface area contributed by atoms with Gasteiger partial charge >= 0.3 is 0 Å². The summed E-state index contributed by atoms with van der Waals surface area (Å²) in [6.45, 7) is 3.19. The van der Waals surface area contributed by atoms with Crippen molar-refractivity contribution in [2.45, 2.75) is 0 Å². The van der Waals surface area contributed by atoms with E-state index >= 15 is 0 Å². The molecule has 2 nitrogen and oxygen atoms in total. The second-order valence-corrected chi connectivity index (χ2v) is 2.82. The molecule has 0 aromatic heterocycles. The second kappa shape index (κ2) is 5.36. The molecule has 1 rings (SSSR count). The van der Waals surface area contributed by atoms with Crippen LogP contribution >= 0.6 is 0 Å². The van der Waals surface area contributed by atoms with Gasteiger partial charge in [0, 0.05) is 0 Å². The van der Waals surface area contributed by atoms with Gasteiger partial charge in [-0.1, -0.05) is 12.1 Å². The number of carbonyl (C=O) groups is 1. The third-order valence-corrected chi connectivity index (χ3v) is 1.71. The van der Waals surface area contributed by atoms with Gasteiger partial charge < -0.3 is 4.74 Å². The lowest BCUT2D eigenvalue weighted by molar-refractivity contribution is 0.0798. The predicted molar refractivity (Wildman–Crippen MR) is 51.7 cm³/mol. The Hall–Kier alpha value is -1.55. The summed E-state index contributed by atoms with van der Waals surface area (Å²) in [5.74, 6) is -2.46. The molecular formula is C11H10F2O2. The Morgan fingerprint density at radius 1 is 1.40 bits per heavy atom. The molecule has 1 aromatic carbocycles. The predicted octanol–water partition coefficient (Wildman–Crippen LogP) is 2.35. The number of Topliss-reactive ketones (excluding diaryl/α,β-unsaturated/α-hetero) is 1. The van der Waals surface area contributed by atoms with Crippen molar-refractivity contribution < 1.29 is 18.3 Å². The van der Waals surface area contributed by atoms with E-state index < -0.39 is 23.0 Å². The van der Waals surface area contributed by atoms with Crippen molar-refractivity contribution in [1.82, 2.24) is 0 Å². The molecule has 4 heteroatoms. The normalized spacial score (nSPS) is 10.0. The molecule has 0 heterocycles. The summed E-state index contributed by atoms with van der Waals surface area (Å²) in [5, 5.41) is 0. The first-order chi connectivity index (χ1) is 7.16. The fraction of sp³-hybridized carbons (Fsp3) is 0.182. The third kappa shape index (κ3) is 2.95. The standard InChI is InChI=1S/C11H10F2O2/c1-2-6-15-7-10(14)11-8(12)4-3-5-9(11)13/h2-5H,1,6-7H2. The average molecular weight is 212 g/mol. The summed E-state index contributed by atoms with van der Waals surface area (Å²) < 4.78 is 31.0. The second-order valence-electron chi connectivity index (χ2n) is 2.82. The zero-order valence-corrected chi connectivity index (χ0v) is 8.00. The van der Waals surface area contributed by atoms with Crippen LogP contribution in [0.5, 0.6) is 0 Å². The molecule has 0 aliphatic heterocycles. The Morgan fingerprint density at radius 2 is 2.00 bits per heavy atom. The van der Waals surface area contributed by atoms with Gasteiger partial charge in [0.1, 0.15) is 18.2 Å². The topological polar surface area (TPSA) is 26.3 Å². The van der Waals surface area contributed by atoms with Crippen LogP contribution in [0, 0.1) is 11.6 Å². The van der Waals surface area contributed by atoms with E-state index in [2.05, 4.69) is 6.58 Å². The SMILES string of the molecule is C=CCOCC(=O)c1c(F)cccc1F. The quantitative estimate of drug-likeness (QED) is 0.425. The molecule has 15 heavy (non-hydrogen) atoms. The summed E-state index contributed by atoms with van der Waals surface area (Å²) in [5.41, 5.74) is -0.554. The lowest BCUT2D eigenvalue weighted by Gasteiger charge is -2.03. The van der Waals surface area contributed by atoms with Crippen molar-refractivity contribution in [3.63, 3.8) is 0 Å². The molecule has 0 bridgehead atoms. The van der Waals surface area contributed by atoms with E-state index in [9.17, 15) is 13.6 Å². The van der Waals surface area contributed by atoms with Crippen molar-refractivity contribution in [2.24, 2.45) is 0 Å². The first-order valence-electron chi connectivity index (χ1n) is 4.32. The van der Waals surface area contributed by atoms with Crippen LogP contribution < -0.4 is 0 Å².